The quantitative estimate of drug-likeness (QED) is 0.635. The van der Waals surface area contributed by atoms with E-state index in [9.17, 15) is 17.4 Å². The maximum Gasteiger partial charge on any atom is 0.416 e. The molecule has 0 amide bonds. The second kappa shape index (κ2) is 7.51. The van der Waals surface area contributed by atoms with E-state index < -0.39 is 22.5 Å². The average molecular weight is 430 g/mol. The summed E-state index contributed by atoms with van der Waals surface area (Å²) >= 11 is 6.11. The zero-order chi connectivity index (χ0) is 20.6. The van der Waals surface area contributed by atoms with Crippen molar-refractivity contribution in [3.63, 3.8) is 0 Å². The summed E-state index contributed by atoms with van der Waals surface area (Å²) in [5.74, 6) is 0.753. The monoisotopic (exact) mass is 429 g/mol. The van der Waals surface area contributed by atoms with Gasteiger partial charge in [0.2, 0.25) is 0 Å². The molecule has 0 saturated heterocycles. The van der Waals surface area contributed by atoms with Crippen LogP contribution in [0.2, 0.25) is 5.02 Å². The van der Waals surface area contributed by atoms with Gasteiger partial charge in [0.25, 0.3) is 0 Å². The van der Waals surface area contributed by atoms with Gasteiger partial charge in [0.1, 0.15) is 5.69 Å². The van der Waals surface area contributed by atoms with Gasteiger partial charge in [-0.25, -0.2) is 0 Å². The standard InChI is InChI=1S/C17H15ClF3N5OS/c1-3-28(27)14-8-12(22)11(18)7-10(14)15-24-25-16(26(15)2)13-6-9(4-5-23-13)17(19,20)21/h4-8H,3,22H2,1-2H3. The highest BCUT2D eigenvalue weighted by atomic mass is 35.5. The van der Waals surface area contributed by atoms with Gasteiger partial charge in [-0.3, -0.25) is 9.19 Å². The summed E-state index contributed by atoms with van der Waals surface area (Å²) in [4.78, 5) is 4.39. The van der Waals surface area contributed by atoms with Gasteiger partial charge in [0.05, 0.1) is 32.0 Å². The first-order valence-electron chi connectivity index (χ1n) is 8.04. The van der Waals surface area contributed by atoms with E-state index in [1.165, 1.54) is 16.7 Å². The van der Waals surface area contributed by atoms with E-state index in [2.05, 4.69) is 15.2 Å². The van der Waals surface area contributed by atoms with Crippen molar-refractivity contribution in [1.29, 1.82) is 0 Å². The number of nitrogen functional groups attached to an aromatic ring is 1. The molecule has 0 saturated carbocycles. The third kappa shape index (κ3) is 3.74. The Labute approximate surface area is 166 Å². The third-order valence-electron chi connectivity index (χ3n) is 4.04. The van der Waals surface area contributed by atoms with Crippen LogP contribution >= 0.6 is 11.6 Å². The van der Waals surface area contributed by atoms with Crippen molar-refractivity contribution in [3.05, 3.63) is 41.0 Å². The fourth-order valence-electron chi connectivity index (χ4n) is 2.60. The van der Waals surface area contributed by atoms with Crippen LogP contribution in [-0.4, -0.2) is 29.7 Å². The Morgan fingerprint density at radius 2 is 1.89 bits per heavy atom. The lowest BCUT2D eigenvalue weighted by atomic mass is 10.2. The summed E-state index contributed by atoms with van der Waals surface area (Å²) in [6.45, 7) is 1.75. The minimum absolute atomic E-state index is 0.00998. The van der Waals surface area contributed by atoms with Gasteiger partial charge in [0.15, 0.2) is 11.6 Å². The first-order chi connectivity index (χ1) is 13.1. The lowest BCUT2D eigenvalue weighted by molar-refractivity contribution is -0.137. The van der Waals surface area contributed by atoms with Crippen molar-refractivity contribution >= 4 is 28.1 Å². The third-order valence-corrected chi connectivity index (χ3v) is 5.72. The molecule has 0 aliphatic carbocycles. The van der Waals surface area contributed by atoms with Crippen molar-refractivity contribution in [1.82, 2.24) is 19.7 Å². The van der Waals surface area contributed by atoms with Crippen LogP contribution in [0.4, 0.5) is 18.9 Å². The second-order valence-electron chi connectivity index (χ2n) is 5.84. The molecule has 3 rings (SSSR count). The first kappa shape index (κ1) is 20.3. The van der Waals surface area contributed by atoms with E-state index in [4.69, 9.17) is 17.3 Å². The Balaban J connectivity index is 2.15. The fourth-order valence-corrected chi connectivity index (χ4v) is 3.73. The summed E-state index contributed by atoms with van der Waals surface area (Å²) in [5.41, 5.74) is 5.70. The van der Waals surface area contributed by atoms with Gasteiger partial charge < -0.3 is 10.3 Å². The topological polar surface area (TPSA) is 86.7 Å². The average Bonchev–Trinajstić information content (AvgIpc) is 3.03. The number of anilines is 1. The molecule has 1 atom stereocenters. The molecule has 148 valence electrons. The highest BCUT2D eigenvalue weighted by molar-refractivity contribution is 7.85. The van der Waals surface area contributed by atoms with Gasteiger partial charge in [-0.15, -0.1) is 10.2 Å². The second-order valence-corrected chi connectivity index (χ2v) is 7.95. The molecule has 2 N–H and O–H groups in total. The summed E-state index contributed by atoms with van der Waals surface area (Å²) in [7, 11) is 0.215. The first-order valence-corrected chi connectivity index (χ1v) is 9.74. The van der Waals surface area contributed by atoms with Gasteiger partial charge in [0, 0.05) is 24.6 Å². The minimum Gasteiger partial charge on any atom is -0.397 e. The molecule has 0 bridgehead atoms. The molecule has 2 heterocycles. The number of benzene rings is 1. The molecule has 0 aliphatic rings. The highest BCUT2D eigenvalue weighted by Crippen LogP contribution is 2.34. The van der Waals surface area contributed by atoms with Crippen molar-refractivity contribution < 1.29 is 17.4 Å². The molecule has 1 aromatic carbocycles. The highest BCUT2D eigenvalue weighted by Gasteiger charge is 2.31. The van der Waals surface area contributed by atoms with Crippen LogP contribution in [0.3, 0.4) is 0 Å². The summed E-state index contributed by atoms with van der Waals surface area (Å²) in [5, 5.41) is 8.28. The Morgan fingerprint density at radius 1 is 1.21 bits per heavy atom. The van der Waals surface area contributed by atoms with Gasteiger partial charge >= 0.3 is 6.18 Å². The maximum atomic E-state index is 13.0. The number of nitrogens with zero attached hydrogens (tertiary/aromatic N) is 4. The minimum atomic E-state index is -4.51. The Hall–Kier alpha value is -2.46. The predicted octanol–water partition coefficient (Wildman–Crippen LogP) is 3.93. The number of aromatic nitrogens is 4. The molecule has 1 unspecified atom stereocenters. The van der Waals surface area contributed by atoms with Crippen LogP contribution in [0, 0.1) is 0 Å². The van der Waals surface area contributed by atoms with Gasteiger partial charge in [-0.1, -0.05) is 18.5 Å². The molecule has 3 aromatic rings. The van der Waals surface area contributed by atoms with Crippen LogP contribution in [-0.2, 0) is 24.0 Å². The van der Waals surface area contributed by atoms with Crippen molar-refractivity contribution in [3.8, 4) is 22.9 Å². The molecule has 0 aliphatic heterocycles. The zero-order valence-corrected chi connectivity index (χ0v) is 16.4. The molecular formula is C17H15ClF3N5OS. The molecule has 0 radical (unpaired) electrons. The number of halogens is 4. The smallest absolute Gasteiger partial charge is 0.397 e. The SMILES string of the molecule is CCS(=O)c1cc(N)c(Cl)cc1-c1nnc(-c2cc(C(F)(F)F)ccn2)n1C. The number of nitrogens with two attached hydrogens (primary N) is 1. The Bertz CT molecular complexity index is 1070. The Kier molecular flexibility index (Phi) is 5.44. The molecule has 11 heteroatoms. The van der Waals surface area contributed by atoms with Crippen LogP contribution in [0.15, 0.2) is 35.4 Å². The number of hydrogen-bond acceptors (Lipinski definition) is 5. The molecule has 0 spiro atoms. The van der Waals surface area contributed by atoms with E-state index in [1.807, 2.05) is 0 Å². The lowest BCUT2D eigenvalue weighted by Gasteiger charge is -2.11. The van der Waals surface area contributed by atoms with E-state index in [0.717, 1.165) is 18.3 Å². The maximum absolute atomic E-state index is 13.0. The molecule has 2 aromatic heterocycles. The van der Waals surface area contributed by atoms with E-state index in [-0.39, 0.29) is 28.1 Å². The van der Waals surface area contributed by atoms with Crippen molar-refractivity contribution in [2.24, 2.45) is 7.05 Å². The fraction of sp³-hybridized carbons (Fsp3) is 0.235. The van der Waals surface area contributed by atoms with Crippen LogP contribution in [0.1, 0.15) is 12.5 Å². The van der Waals surface area contributed by atoms with Crippen LogP contribution in [0.25, 0.3) is 22.9 Å². The number of hydrogen-bond donors (Lipinski definition) is 1. The summed E-state index contributed by atoms with van der Waals surface area (Å²) in [6.07, 6.45) is -3.45. The lowest BCUT2D eigenvalue weighted by Crippen LogP contribution is -2.06. The Morgan fingerprint density at radius 3 is 2.54 bits per heavy atom. The largest absolute Gasteiger partial charge is 0.416 e. The summed E-state index contributed by atoms with van der Waals surface area (Å²) < 4.78 is 52.9. The molecule has 6 nitrogen and oxygen atoms in total. The van der Waals surface area contributed by atoms with E-state index in [1.54, 1.807) is 14.0 Å². The molecular weight excluding hydrogens is 415 g/mol. The van der Waals surface area contributed by atoms with Gasteiger partial charge in [-0.2, -0.15) is 13.2 Å². The number of alkyl halides is 3. The molecule has 0 fully saturated rings. The predicted molar refractivity (Wildman–Crippen MR) is 101 cm³/mol. The van der Waals surface area contributed by atoms with Crippen molar-refractivity contribution in [2.45, 2.75) is 18.0 Å². The van der Waals surface area contributed by atoms with Crippen molar-refractivity contribution in [2.75, 3.05) is 11.5 Å². The van der Waals surface area contributed by atoms with Gasteiger partial charge in [-0.05, 0) is 24.3 Å². The van der Waals surface area contributed by atoms with Crippen LogP contribution in [0.5, 0.6) is 0 Å². The summed E-state index contributed by atoms with van der Waals surface area (Å²) in [6, 6.07) is 4.80. The number of rotatable bonds is 4. The number of pyridine rings is 1. The zero-order valence-electron chi connectivity index (χ0n) is 14.8. The van der Waals surface area contributed by atoms with E-state index >= 15 is 0 Å². The van der Waals surface area contributed by atoms with Crippen LogP contribution < -0.4 is 5.73 Å². The van der Waals surface area contributed by atoms with E-state index in [0.29, 0.717) is 16.2 Å². The molecule has 28 heavy (non-hydrogen) atoms. The normalized spacial score (nSPS) is 12.9.